The minimum atomic E-state index is -0.996. The molecule has 0 aromatic heterocycles. The summed E-state index contributed by atoms with van der Waals surface area (Å²) in [6, 6.07) is 19.1. The van der Waals surface area contributed by atoms with E-state index in [-0.39, 0.29) is 18.4 Å². The third-order valence-corrected chi connectivity index (χ3v) is 6.28. The number of nitrogens with two attached hydrogens (primary N) is 1. The lowest BCUT2D eigenvalue weighted by Gasteiger charge is -2.36. The van der Waals surface area contributed by atoms with Crippen molar-refractivity contribution in [2.75, 3.05) is 43.1 Å². The number of rotatable bonds is 3. The van der Waals surface area contributed by atoms with Gasteiger partial charge in [0.15, 0.2) is 17.1 Å². The molecule has 0 bridgehead atoms. The highest BCUT2D eigenvalue weighted by Crippen LogP contribution is 2.53. The van der Waals surface area contributed by atoms with Crippen molar-refractivity contribution in [1.82, 2.24) is 0 Å². The number of nitrogens with zero attached hydrogens (tertiary/aromatic N) is 2. The number of para-hydroxylation sites is 1. The highest BCUT2D eigenvalue weighted by atomic mass is 19.1. The van der Waals surface area contributed by atoms with Crippen LogP contribution in [0.15, 0.2) is 65.7 Å². The smallest absolute Gasteiger partial charge is 0.283 e. The van der Waals surface area contributed by atoms with Gasteiger partial charge in [0.2, 0.25) is 0 Å². The summed E-state index contributed by atoms with van der Waals surface area (Å²) < 4.78 is 32.5. The van der Waals surface area contributed by atoms with Crippen LogP contribution in [0.5, 0.6) is 11.5 Å². The molecule has 3 aromatic rings. The lowest BCUT2D eigenvalue weighted by molar-refractivity contribution is 0.122. The Morgan fingerprint density at radius 1 is 0.970 bits per heavy atom. The Kier molecular flexibility index (Phi) is 4.62. The molecule has 33 heavy (non-hydrogen) atoms. The van der Waals surface area contributed by atoms with Crippen LogP contribution in [0.4, 0.5) is 21.5 Å². The summed E-state index contributed by atoms with van der Waals surface area (Å²) in [5.41, 5.74) is 8.94. The van der Waals surface area contributed by atoms with Crippen molar-refractivity contribution >= 4 is 23.1 Å². The van der Waals surface area contributed by atoms with E-state index in [0.717, 1.165) is 22.6 Å². The average molecular weight is 446 g/mol. The molecule has 3 aromatic carbocycles. The summed E-state index contributed by atoms with van der Waals surface area (Å²) >= 11 is 0. The Hall–Kier alpha value is -3.78. The van der Waals surface area contributed by atoms with Crippen molar-refractivity contribution < 1.29 is 18.6 Å². The lowest BCUT2D eigenvalue weighted by Crippen LogP contribution is -2.37. The number of halogens is 1. The zero-order valence-electron chi connectivity index (χ0n) is 17.9. The van der Waals surface area contributed by atoms with Gasteiger partial charge < -0.3 is 30.2 Å². The summed E-state index contributed by atoms with van der Waals surface area (Å²) in [7, 11) is 0. The van der Waals surface area contributed by atoms with Crippen LogP contribution in [-0.2, 0) is 15.0 Å². The van der Waals surface area contributed by atoms with E-state index in [1.807, 2.05) is 54.6 Å². The van der Waals surface area contributed by atoms with Gasteiger partial charge in [0.1, 0.15) is 12.4 Å². The van der Waals surface area contributed by atoms with Gasteiger partial charge in [-0.1, -0.05) is 18.2 Å². The van der Waals surface area contributed by atoms with Crippen LogP contribution in [-0.4, -0.2) is 38.9 Å². The predicted molar refractivity (Wildman–Crippen MR) is 124 cm³/mol. The number of aliphatic imine (C=N–C) groups is 1. The third-order valence-electron chi connectivity index (χ3n) is 6.28. The highest BCUT2D eigenvalue weighted by molar-refractivity contribution is 5.78. The number of nitrogens with one attached hydrogen (secondary N) is 1. The van der Waals surface area contributed by atoms with Crippen LogP contribution >= 0.6 is 0 Å². The zero-order valence-corrected chi connectivity index (χ0v) is 17.9. The van der Waals surface area contributed by atoms with E-state index in [2.05, 4.69) is 10.2 Å². The van der Waals surface area contributed by atoms with Gasteiger partial charge in [0.25, 0.3) is 6.02 Å². The summed E-state index contributed by atoms with van der Waals surface area (Å²) in [5.74, 6) is 0.248. The summed E-state index contributed by atoms with van der Waals surface area (Å²) in [4.78, 5) is 6.80. The summed E-state index contributed by atoms with van der Waals surface area (Å²) in [6.07, 6.45) is 0. The molecule has 0 saturated carbocycles. The molecule has 0 aliphatic carbocycles. The maximum atomic E-state index is 15.4. The van der Waals surface area contributed by atoms with E-state index >= 15 is 4.39 Å². The second-order valence-corrected chi connectivity index (χ2v) is 8.31. The molecule has 168 valence electrons. The Morgan fingerprint density at radius 2 is 1.79 bits per heavy atom. The van der Waals surface area contributed by atoms with Crippen LogP contribution in [0.25, 0.3) is 0 Å². The van der Waals surface area contributed by atoms with E-state index in [1.165, 1.54) is 6.07 Å². The number of amidine groups is 1. The molecule has 0 amide bonds. The van der Waals surface area contributed by atoms with E-state index in [0.29, 0.717) is 37.6 Å². The minimum absolute atomic E-state index is 0.0763. The van der Waals surface area contributed by atoms with Gasteiger partial charge in [-0.15, -0.1) is 0 Å². The molecule has 3 N–H and O–H groups in total. The molecular formula is C25H23FN4O3. The van der Waals surface area contributed by atoms with Crippen molar-refractivity contribution in [1.29, 1.82) is 0 Å². The van der Waals surface area contributed by atoms with Crippen molar-refractivity contribution in [2.45, 2.75) is 5.54 Å². The van der Waals surface area contributed by atoms with Crippen LogP contribution in [0.3, 0.4) is 0 Å². The van der Waals surface area contributed by atoms with Crippen LogP contribution in [0, 0.1) is 5.82 Å². The normalized spacial score (nSPS) is 21.0. The summed E-state index contributed by atoms with van der Waals surface area (Å²) in [5, 5.41) is 3.40. The monoisotopic (exact) mass is 446 g/mol. The number of hydrogen-bond donors (Lipinski definition) is 2. The molecule has 1 fully saturated rings. The number of anilines is 3. The fraction of sp³-hybridized carbons (Fsp3) is 0.240. The Morgan fingerprint density at radius 3 is 2.55 bits per heavy atom. The molecule has 3 aliphatic rings. The SMILES string of the molecule is NC1=N[C@@]2(CO1)c1cc(Nc3ccccc3)ccc1Oc1c(F)cc(N3CCOCC3)cc12. The van der Waals surface area contributed by atoms with Gasteiger partial charge in [-0.25, -0.2) is 9.38 Å². The second-order valence-electron chi connectivity index (χ2n) is 8.31. The molecule has 7 nitrogen and oxygen atoms in total. The molecular weight excluding hydrogens is 423 g/mol. The maximum absolute atomic E-state index is 15.4. The molecule has 8 heteroatoms. The number of morpholine rings is 1. The van der Waals surface area contributed by atoms with Gasteiger partial charge >= 0.3 is 0 Å². The number of benzene rings is 3. The Balaban J connectivity index is 1.48. The van der Waals surface area contributed by atoms with Gasteiger partial charge in [-0.05, 0) is 36.4 Å². The molecule has 1 saturated heterocycles. The first-order valence-corrected chi connectivity index (χ1v) is 10.9. The fourth-order valence-corrected chi connectivity index (χ4v) is 4.66. The number of hydrogen-bond acceptors (Lipinski definition) is 7. The zero-order chi connectivity index (χ0) is 22.4. The van der Waals surface area contributed by atoms with Crippen molar-refractivity contribution in [3.05, 3.63) is 77.6 Å². The number of fused-ring (bicyclic) bond motifs is 4. The molecule has 0 unspecified atom stereocenters. The van der Waals surface area contributed by atoms with E-state index < -0.39 is 11.4 Å². The first kappa shape index (κ1) is 19.9. The quantitative estimate of drug-likeness (QED) is 0.631. The van der Waals surface area contributed by atoms with Crippen LogP contribution in [0.2, 0.25) is 0 Å². The highest BCUT2D eigenvalue weighted by Gasteiger charge is 2.48. The van der Waals surface area contributed by atoms with E-state index in [9.17, 15) is 0 Å². The van der Waals surface area contributed by atoms with Crippen molar-refractivity contribution in [3.8, 4) is 11.5 Å². The van der Waals surface area contributed by atoms with Crippen LogP contribution < -0.4 is 20.7 Å². The second kappa shape index (κ2) is 7.67. The largest absolute Gasteiger partial charge is 0.462 e. The first-order chi connectivity index (χ1) is 16.1. The first-order valence-electron chi connectivity index (χ1n) is 10.9. The molecule has 0 radical (unpaired) electrons. The molecule has 3 heterocycles. The summed E-state index contributed by atoms with van der Waals surface area (Å²) in [6.45, 7) is 2.76. The third kappa shape index (κ3) is 3.34. The van der Waals surface area contributed by atoms with E-state index in [1.54, 1.807) is 0 Å². The van der Waals surface area contributed by atoms with Gasteiger partial charge in [0.05, 0.1) is 13.2 Å². The van der Waals surface area contributed by atoms with Crippen molar-refractivity contribution in [3.63, 3.8) is 0 Å². The molecule has 1 spiro atoms. The Bertz CT molecular complexity index is 1240. The molecule has 1 atom stereocenters. The maximum Gasteiger partial charge on any atom is 0.283 e. The standard InChI is InChI=1S/C25H23FN4O3/c26-21-14-18(30-8-10-31-11-9-30)13-20-23(21)33-22-7-6-17(28-16-4-2-1-3-5-16)12-19(22)25(20)15-32-24(27)29-25/h1-7,12-14,28H,8-11,15H2,(H2,27,29)/t25-/m0/s1. The molecule has 3 aliphatic heterocycles. The minimum Gasteiger partial charge on any atom is -0.462 e. The topological polar surface area (TPSA) is 81.3 Å². The molecule has 6 rings (SSSR count). The van der Waals surface area contributed by atoms with Gasteiger partial charge in [0, 0.05) is 47.3 Å². The lowest BCUT2D eigenvalue weighted by atomic mass is 9.81. The van der Waals surface area contributed by atoms with E-state index in [4.69, 9.17) is 24.9 Å². The van der Waals surface area contributed by atoms with Gasteiger partial charge in [-0.3, -0.25) is 0 Å². The predicted octanol–water partition coefficient (Wildman–Crippen LogP) is 4.10. The van der Waals surface area contributed by atoms with Crippen molar-refractivity contribution in [2.24, 2.45) is 10.7 Å². The van der Waals surface area contributed by atoms with Gasteiger partial charge in [-0.2, -0.15) is 0 Å². The fourth-order valence-electron chi connectivity index (χ4n) is 4.66. The van der Waals surface area contributed by atoms with Crippen LogP contribution in [0.1, 0.15) is 11.1 Å². The average Bonchev–Trinajstić information content (AvgIpc) is 3.23. The number of ether oxygens (including phenoxy) is 3. The Labute approximate surface area is 190 Å².